The summed E-state index contributed by atoms with van der Waals surface area (Å²) in [6.45, 7) is 4.55. The summed E-state index contributed by atoms with van der Waals surface area (Å²) in [6.07, 6.45) is 44.9. The van der Waals surface area contributed by atoms with Gasteiger partial charge in [0.2, 0.25) is 0 Å². The number of allylic oxidation sites excluding steroid dienone is 4. The van der Waals surface area contributed by atoms with Gasteiger partial charge in [-0.05, 0) is 44.9 Å². The monoisotopic (exact) mass is 432 g/mol. The molecule has 0 spiro atoms. The summed E-state index contributed by atoms with van der Waals surface area (Å²) in [6, 6.07) is 0. The molecule has 0 heteroatoms. The van der Waals surface area contributed by atoms with Crippen LogP contribution < -0.4 is 0 Å². The highest BCUT2D eigenvalue weighted by atomic mass is 14.0. The predicted molar refractivity (Wildman–Crippen MR) is 145 cm³/mol. The van der Waals surface area contributed by atoms with Gasteiger partial charge in [0.15, 0.2) is 0 Å². The predicted octanol–water partition coefficient (Wildman–Crippen LogP) is 11.9. The highest BCUT2D eigenvalue weighted by Crippen LogP contribution is 2.14. The molecule has 0 atom stereocenters. The largest absolute Gasteiger partial charge is 0.0885 e. The zero-order valence-corrected chi connectivity index (χ0v) is 22.0. The second-order valence-corrected chi connectivity index (χ2v) is 9.82. The van der Waals surface area contributed by atoms with Crippen molar-refractivity contribution in [1.82, 2.24) is 0 Å². The number of hydrogen-bond donors (Lipinski definition) is 0. The van der Waals surface area contributed by atoms with Crippen LogP contribution in [0.15, 0.2) is 24.3 Å². The van der Waals surface area contributed by atoms with E-state index in [4.69, 9.17) is 0 Å². The van der Waals surface area contributed by atoms with Crippen molar-refractivity contribution in [3.63, 3.8) is 0 Å². The van der Waals surface area contributed by atoms with Crippen LogP contribution in [0.2, 0.25) is 0 Å². The summed E-state index contributed by atoms with van der Waals surface area (Å²) in [4.78, 5) is 0. The topological polar surface area (TPSA) is 0 Å². The van der Waals surface area contributed by atoms with Crippen molar-refractivity contribution in [2.75, 3.05) is 0 Å². The van der Waals surface area contributed by atoms with Crippen LogP contribution in [-0.2, 0) is 0 Å². The van der Waals surface area contributed by atoms with Gasteiger partial charge in [-0.1, -0.05) is 154 Å². The van der Waals surface area contributed by atoms with Crippen LogP contribution in [0, 0.1) is 0 Å². The van der Waals surface area contributed by atoms with E-state index in [1.165, 1.54) is 161 Å². The lowest BCUT2D eigenvalue weighted by Crippen LogP contribution is -1.84. The Balaban J connectivity index is 3.06. The first kappa shape index (κ1) is 30.5. The van der Waals surface area contributed by atoms with Gasteiger partial charge in [0, 0.05) is 0 Å². The highest BCUT2D eigenvalue weighted by molar-refractivity contribution is 4.81. The molecule has 0 heterocycles. The van der Waals surface area contributed by atoms with Crippen molar-refractivity contribution in [3.05, 3.63) is 24.3 Å². The molecule has 0 rings (SSSR count). The van der Waals surface area contributed by atoms with Gasteiger partial charge in [-0.2, -0.15) is 0 Å². The number of unbranched alkanes of at least 4 members (excludes halogenated alkanes) is 22. The van der Waals surface area contributed by atoms with Crippen molar-refractivity contribution in [1.29, 1.82) is 0 Å². The lowest BCUT2D eigenvalue weighted by molar-refractivity contribution is 0.528. The van der Waals surface area contributed by atoms with Crippen LogP contribution in [0.25, 0.3) is 0 Å². The molecule has 184 valence electrons. The molecule has 0 aromatic heterocycles. The van der Waals surface area contributed by atoms with E-state index in [1.54, 1.807) is 0 Å². The molecule has 0 saturated carbocycles. The van der Waals surface area contributed by atoms with Crippen molar-refractivity contribution in [3.8, 4) is 0 Å². The fourth-order valence-electron chi connectivity index (χ4n) is 4.30. The molecule has 0 bridgehead atoms. The van der Waals surface area contributed by atoms with Crippen molar-refractivity contribution >= 4 is 0 Å². The third kappa shape index (κ3) is 29.5. The molecule has 0 unspecified atom stereocenters. The van der Waals surface area contributed by atoms with Gasteiger partial charge >= 0.3 is 0 Å². The summed E-state index contributed by atoms with van der Waals surface area (Å²) in [7, 11) is 0. The maximum atomic E-state index is 2.42. The molecular weight excluding hydrogens is 372 g/mol. The summed E-state index contributed by atoms with van der Waals surface area (Å²) in [5.41, 5.74) is 0. The third-order valence-corrected chi connectivity index (χ3v) is 6.52. The second-order valence-electron chi connectivity index (χ2n) is 9.82. The Hall–Kier alpha value is -0.520. The van der Waals surface area contributed by atoms with Gasteiger partial charge < -0.3 is 0 Å². The Morgan fingerprint density at radius 2 is 0.484 bits per heavy atom. The average molecular weight is 433 g/mol. The zero-order valence-electron chi connectivity index (χ0n) is 22.0. The fourth-order valence-corrected chi connectivity index (χ4v) is 4.30. The standard InChI is InChI=1S/C31H60/c1-3-5-7-9-11-13-15-17-19-21-23-25-27-29-31-30-28-26-24-22-20-18-16-14-12-10-8-6-4-2/h9,11-12,14H,3-8,10,13,15-31H2,1-2H3. The Morgan fingerprint density at radius 1 is 0.258 bits per heavy atom. The number of hydrogen-bond acceptors (Lipinski definition) is 0. The normalized spacial score (nSPS) is 11.9. The smallest absolute Gasteiger partial charge is 0.0351 e. The Kier molecular flexibility index (Phi) is 29.0. The van der Waals surface area contributed by atoms with E-state index in [9.17, 15) is 0 Å². The van der Waals surface area contributed by atoms with E-state index in [2.05, 4.69) is 38.2 Å². The lowest BCUT2D eigenvalue weighted by atomic mass is 10.0. The van der Waals surface area contributed by atoms with Gasteiger partial charge in [-0.15, -0.1) is 0 Å². The Morgan fingerprint density at radius 3 is 0.774 bits per heavy atom. The summed E-state index contributed by atoms with van der Waals surface area (Å²) in [5.74, 6) is 0. The molecule has 0 nitrogen and oxygen atoms in total. The quantitative estimate of drug-likeness (QED) is 0.0941. The molecule has 0 saturated heterocycles. The molecule has 0 N–H and O–H groups in total. The molecule has 0 radical (unpaired) electrons. The molecule has 0 aliphatic rings. The Bertz CT molecular complexity index is 351. The molecule has 0 amide bonds. The van der Waals surface area contributed by atoms with Crippen LogP contribution in [0.4, 0.5) is 0 Å². The summed E-state index contributed by atoms with van der Waals surface area (Å²) >= 11 is 0. The van der Waals surface area contributed by atoms with Gasteiger partial charge in [0.05, 0.1) is 0 Å². The minimum atomic E-state index is 1.29. The van der Waals surface area contributed by atoms with Gasteiger partial charge in [-0.3, -0.25) is 0 Å². The van der Waals surface area contributed by atoms with Crippen LogP contribution in [-0.4, -0.2) is 0 Å². The SMILES string of the molecule is CCCCC=CCCCCCCCCCCCCCCCCCCC=CCCCCC. The van der Waals surface area contributed by atoms with E-state index in [1.807, 2.05) is 0 Å². The molecule has 0 fully saturated rings. The molecule has 31 heavy (non-hydrogen) atoms. The highest BCUT2D eigenvalue weighted by Gasteiger charge is 1.95. The minimum absolute atomic E-state index is 1.29. The summed E-state index contributed by atoms with van der Waals surface area (Å²) in [5, 5.41) is 0. The average Bonchev–Trinajstić information content (AvgIpc) is 2.78. The van der Waals surface area contributed by atoms with Gasteiger partial charge in [-0.25, -0.2) is 0 Å². The first-order chi connectivity index (χ1) is 15.4. The number of rotatable bonds is 26. The molecule has 0 aromatic carbocycles. The van der Waals surface area contributed by atoms with E-state index in [0.29, 0.717) is 0 Å². The van der Waals surface area contributed by atoms with Crippen molar-refractivity contribution in [2.45, 2.75) is 174 Å². The van der Waals surface area contributed by atoms with Crippen LogP contribution >= 0.6 is 0 Å². The minimum Gasteiger partial charge on any atom is -0.0885 e. The van der Waals surface area contributed by atoms with Crippen LogP contribution in [0.1, 0.15) is 174 Å². The van der Waals surface area contributed by atoms with E-state index in [0.717, 1.165) is 0 Å². The molecular formula is C31H60. The van der Waals surface area contributed by atoms with Crippen LogP contribution in [0.5, 0.6) is 0 Å². The second kappa shape index (κ2) is 29.5. The maximum Gasteiger partial charge on any atom is -0.0351 e. The zero-order chi connectivity index (χ0) is 22.5. The molecule has 0 aliphatic heterocycles. The van der Waals surface area contributed by atoms with Crippen molar-refractivity contribution in [2.24, 2.45) is 0 Å². The van der Waals surface area contributed by atoms with Gasteiger partial charge in [0.1, 0.15) is 0 Å². The fraction of sp³-hybridized carbons (Fsp3) is 0.871. The van der Waals surface area contributed by atoms with E-state index < -0.39 is 0 Å². The van der Waals surface area contributed by atoms with E-state index >= 15 is 0 Å². The first-order valence-electron chi connectivity index (χ1n) is 14.7. The summed E-state index contributed by atoms with van der Waals surface area (Å²) < 4.78 is 0. The third-order valence-electron chi connectivity index (χ3n) is 6.52. The molecule has 0 aliphatic carbocycles. The van der Waals surface area contributed by atoms with Gasteiger partial charge in [0.25, 0.3) is 0 Å². The molecule has 0 aromatic rings. The Labute approximate surface area is 198 Å². The first-order valence-corrected chi connectivity index (χ1v) is 14.7. The van der Waals surface area contributed by atoms with E-state index in [-0.39, 0.29) is 0 Å². The maximum absolute atomic E-state index is 2.42. The van der Waals surface area contributed by atoms with Crippen molar-refractivity contribution < 1.29 is 0 Å². The lowest BCUT2D eigenvalue weighted by Gasteiger charge is -2.03. The van der Waals surface area contributed by atoms with Crippen LogP contribution in [0.3, 0.4) is 0 Å².